The standard InChI is InChI=1S/C16H17F2N3O2/c1-9-11(10-4-2-3-5-12(10)20-9)8-16(17,18)15(23)21-13-6-7-19-14(13)22/h2-5,13,20H,6-8H2,1H3,(H,19,22)(H,21,23)/t13-/m0/s1. The zero-order valence-electron chi connectivity index (χ0n) is 12.6. The number of aryl methyl sites for hydroxylation is 1. The van der Waals surface area contributed by atoms with Crippen LogP contribution in [0.4, 0.5) is 8.78 Å². The van der Waals surface area contributed by atoms with Crippen molar-refractivity contribution in [3.63, 3.8) is 0 Å². The molecule has 1 aliphatic heterocycles. The van der Waals surface area contributed by atoms with Crippen LogP contribution in [0.5, 0.6) is 0 Å². The molecule has 0 aliphatic carbocycles. The van der Waals surface area contributed by atoms with Crippen molar-refractivity contribution < 1.29 is 18.4 Å². The minimum Gasteiger partial charge on any atom is -0.358 e. The van der Waals surface area contributed by atoms with Crippen molar-refractivity contribution in [1.29, 1.82) is 0 Å². The van der Waals surface area contributed by atoms with Crippen LogP contribution in [0, 0.1) is 6.92 Å². The Morgan fingerprint density at radius 1 is 1.39 bits per heavy atom. The van der Waals surface area contributed by atoms with Crippen molar-refractivity contribution >= 4 is 22.7 Å². The Bertz CT molecular complexity index is 770. The number of hydrogen-bond acceptors (Lipinski definition) is 2. The van der Waals surface area contributed by atoms with Gasteiger partial charge in [0.1, 0.15) is 6.04 Å². The van der Waals surface area contributed by atoms with Gasteiger partial charge in [-0.15, -0.1) is 0 Å². The number of hydrogen-bond donors (Lipinski definition) is 3. The monoisotopic (exact) mass is 321 g/mol. The fraction of sp³-hybridized carbons (Fsp3) is 0.375. The Morgan fingerprint density at radius 3 is 2.83 bits per heavy atom. The summed E-state index contributed by atoms with van der Waals surface area (Å²) in [6.45, 7) is 2.09. The number of fused-ring (bicyclic) bond motifs is 1. The number of amides is 2. The molecule has 3 N–H and O–H groups in total. The minimum atomic E-state index is -3.58. The van der Waals surface area contributed by atoms with Crippen molar-refractivity contribution in [1.82, 2.24) is 15.6 Å². The largest absolute Gasteiger partial charge is 0.358 e. The van der Waals surface area contributed by atoms with Gasteiger partial charge in [-0.05, 0) is 25.0 Å². The number of aromatic amines is 1. The quantitative estimate of drug-likeness (QED) is 0.801. The number of alkyl halides is 2. The number of H-pyrrole nitrogens is 1. The molecule has 7 heteroatoms. The molecule has 0 radical (unpaired) electrons. The average molecular weight is 321 g/mol. The van der Waals surface area contributed by atoms with Crippen LogP contribution in [-0.4, -0.2) is 35.3 Å². The second-order valence-electron chi connectivity index (χ2n) is 5.76. The molecule has 23 heavy (non-hydrogen) atoms. The summed E-state index contributed by atoms with van der Waals surface area (Å²) in [5.41, 5.74) is 1.78. The number of para-hydroxylation sites is 1. The van der Waals surface area contributed by atoms with Gasteiger partial charge in [0.25, 0.3) is 5.91 Å². The Morgan fingerprint density at radius 2 is 2.13 bits per heavy atom. The van der Waals surface area contributed by atoms with E-state index in [0.717, 1.165) is 5.52 Å². The fourth-order valence-corrected chi connectivity index (χ4v) is 2.86. The van der Waals surface area contributed by atoms with E-state index in [2.05, 4.69) is 15.6 Å². The third-order valence-corrected chi connectivity index (χ3v) is 4.11. The van der Waals surface area contributed by atoms with E-state index < -0.39 is 30.2 Å². The Labute approximate surface area is 131 Å². The van der Waals surface area contributed by atoms with Crippen LogP contribution in [0.25, 0.3) is 10.9 Å². The van der Waals surface area contributed by atoms with Gasteiger partial charge in [-0.1, -0.05) is 18.2 Å². The number of carbonyl (C=O) groups excluding carboxylic acids is 2. The van der Waals surface area contributed by atoms with E-state index in [1.807, 2.05) is 6.07 Å². The van der Waals surface area contributed by atoms with E-state index in [1.165, 1.54) is 0 Å². The van der Waals surface area contributed by atoms with Crippen molar-refractivity contribution in [3.05, 3.63) is 35.5 Å². The first-order valence-corrected chi connectivity index (χ1v) is 7.41. The molecule has 5 nitrogen and oxygen atoms in total. The molecule has 0 spiro atoms. The molecule has 1 aromatic heterocycles. The van der Waals surface area contributed by atoms with Crippen molar-refractivity contribution in [2.24, 2.45) is 0 Å². The zero-order valence-corrected chi connectivity index (χ0v) is 12.6. The number of benzene rings is 1. The van der Waals surface area contributed by atoms with E-state index in [-0.39, 0.29) is 0 Å². The zero-order chi connectivity index (χ0) is 16.6. The Kier molecular flexibility index (Phi) is 3.79. The first kappa shape index (κ1) is 15.5. The first-order valence-electron chi connectivity index (χ1n) is 7.41. The second-order valence-corrected chi connectivity index (χ2v) is 5.76. The van der Waals surface area contributed by atoms with E-state index in [0.29, 0.717) is 29.6 Å². The summed E-state index contributed by atoms with van der Waals surface area (Å²) in [6, 6.07) is 6.24. The van der Waals surface area contributed by atoms with E-state index in [9.17, 15) is 18.4 Å². The number of rotatable bonds is 4. The molecule has 0 unspecified atom stereocenters. The van der Waals surface area contributed by atoms with Gasteiger partial charge < -0.3 is 15.6 Å². The molecular weight excluding hydrogens is 304 g/mol. The molecule has 3 rings (SSSR count). The van der Waals surface area contributed by atoms with Crippen molar-refractivity contribution in [2.75, 3.05) is 6.54 Å². The molecule has 2 amide bonds. The highest BCUT2D eigenvalue weighted by atomic mass is 19.3. The SMILES string of the molecule is Cc1[nH]c2ccccc2c1CC(F)(F)C(=O)N[C@H]1CCNC1=O. The topological polar surface area (TPSA) is 74.0 Å². The van der Waals surface area contributed by atoms with Crippen LogP contribution < -0.4 is 10.6 Å². The lowest BCUT2D eigenvalue weighted by Gasteiger charge is -2.18. The maximum atomic E-state index is 14.3. The highest BCUT2D eigenvalue weighted by molar-refractivity contribution is 5.92. The van der Waals surface area contributed by atoms with Crippen LogP contribution >= 0.6 is 0 Å². The summed E-state index contributed by atoms with van der Waals surface area (Å²) < 4.78 is 28.6. The third-order valence-electron chi connectivity index (χ3n) is 4.11. The van der Waals surface area contributed by atoms with Gasteiger partial charge in [-0.25, -0.2) is 0 Å². The van der Waals surface area contributed by atoms with Crippen LogP contribution in [0.3, 0.4) is 0 Å². The van der Waals surface area contributed by atoms with Gasteiger partial charge in [0.15, 0.2) is 0 Å². The fourth-order valence-electron chi connectivity index (χ4n) is 2.86. The number of halogens is 2. The Hall–Kier alpha value is -2.44. The maximum Gasteiger partial charge on any atom is 0.328 e. The molecule has 2 heterocycles. The lowest BCUT2D eigenvalue weighted by atomic mass is 10.0. The van der Waals surface area contributed by atoms with Crippen LogP contribution in [0.2, 0.25) is 0 Å². The van der Waals surface area contributed by atoms with Gasteiger partial charge in [0, 0.05) is 29.6 Å². The molecule has 1 aromatic carbocycles. The molecule has 122 valence electrons. The summed E-state index contributed by atoms with van der Waals surface area (Å²) >= 11 is 0. The van der Waals surface area contributed by atoms with Crippen LogP contribution in [0.15, 0.2) is 24.3 Å². The summed E-state index contributed by atoms with van der Waals surface area (Å²) in [6.07, 6.45) is -0.379. The molecule has 1 saturated heterocycles. The van der Waals surface area contributed by atoms with Crippen LogP contribution in [-0.2, 0) is 16.0 Å². The average Bonchev–Trinajstić information content (AvgIpc) is 3.03. The summed E-state index contributed by atoms with van der Waals surface area (Å²) in [5, 5.41) is 5.32. The molecular formula is C16H17F2N3O2. The molecule has 0 saturated carbocycles. The van der Waals surface area contributed by atoms with E-state index in [1.54, 1.807) is 25.1 Å². The molecule has 1 fully saturated rings. The predicted octanol–water partition coefficient (Wildman–Crippen LogP) is 1.66. The Balaban J connectivity index is 1.80. The van der Waals surface area contributed by atoms with Crippen LogP contribution in [0.1, 0.15) is 17.7 Å². The summed E-state index contributed by atoms with van der Waals surface area (Å²) in [5.74, 6) is -5.42. The van der Waals surface area contributed by atoms with E-state index in [4.69, 9.17) is 0 Å². The predicted molar refractivity (Wildman–Crippen MR) is 81.2 cm³/mol. The summed E-state index contributed by atoms with van der Waals surface area (Å²) in [7, 11) is 0. The lowest BCUT2D eigenvalue weighted by Crippen LogP contribution is -2.48. The number of carbonyl (C=O) groups is 2. The number of nitrogens with one attached hydrogen (secondary N) is 3. The lowest BCUT2D eigenvalue weighted by molar-refractivity contribution is -0.147. The second kappa shape index (κ2) is 5.64. The molecule has 1 aliphatic rings. The van der Waals surface area contributed by atoms with Gasteiger partial charge in [-0.2, -0.15) is 8.78 Å². The van der Waals surface area contributed by atoms with Gasteiger partial charge >= 0.3 is 5.92 Å². The normalized spacial score (nSPS) is 18.2. The van der Waals surface area contributed by atoms with E-state index >= 15 is 0 Å². The summed E-state index contributed by atoms with van der Waals surface area (Å²) in [4.78, 5) is 26.3. The minimum absolute atomic E-state index is 0.326. The number of aromatic nitrogens is 1. The van der Waals surface area contributed by atoms with Gasteiger partial charge in [0.2, 0.25) is 5.91 Å². The van der Waals surface area contributed by atoms with Crippen molar-refractivity contribution in [2.45, 2.75) is 31.7 Å². The molecule has 2 aromatic rings. The highest BCUT2D eigenvalue weighted by Crippen LogP contribution is 2.29. The molecule has 1 atom stereocenters. The van der Waals surface area contributed by atoms with Gasteiger partial charge in [0.05, 0.1) is 0 Å². The maximum absolute atomic E-state index is 14.3. The highest BCUT2D eigenvalue weighted by Gasteiger charge is 2.42. The van der Waals surface area contributed by atoms with Gasteiger partial charge in [-0.3, -0.25) is 9.59 Å². The van der Waals surface area contributed by atoms with Crippen molar-refractivity contribution in [3.8, 4) is 0 Å². The first-order chi connectivity index (χ1) is 10.9. The molecule has 0 bridgehead atoms. The third kappa shape index (κ3) is 2.91. The smallest absolute Gasteiger partial charge is 0.328 e.